The van der Waals surface area contributed by atoms with Crippen molar-refractivity contribution in [1.29, 1.82) is 0 Å². The first-order valence-electron chi connectivity index (χ1n) is 10.4. The Morgan fingerprint density at radius 1 is 1.16 bits per heavy atom. The van der Waals surface area contributed by atoms with Gasteiger partial charge in [-0.1, -0.05) is 12.1 Å². The van der Waals surface area contributed by atoms with E-state index in [4.69, 9.17) is 9.47 Å². The van der Waals surface area contributed by atoms with Crippen molar-refractivity contribution in [3.8, 4) is 0 Å². The van der Waals surface area contributed by atoms with E-state index in [9.17, 15) is 9.59 Å². The molecule has 0 saturated carbocycles. The van der Waals surface area contributed by atoms with Gasteiger partial charge in [0, 0.05) is 30.9 Å². The molecule has 1 N–H and O–H groups in total. The van der Waals surface area contributed by atoms with Crippen LogP contribution in [0.15, 0.2) is 48.5 Å². The number of amides is 1. The minimum Gasteiger partial charge on any atom is -0.453 e. The zero-order chi connectivity index (χ0) is 21.6. The standard InChI is InChI=1S/C23H25N3O4S/c1-16(30-22(27)11-10-21-25-19-4-2-3-5-20(19)31-21)23(28)24-17-6-8-18(9-7-17)26-12-14-29-15-13-26/h2-9,16H,10-15H2,1H3,(H,24,28)/t16-/m0/s1. The molecule has 1 aliphatic heterocycles. The number of nitrogens with one attached hydrogen (secondary N) is 1. The van der Waals surface area contributed by atoms with Gasteiger partial charge < -0.3 is 19.7 Å². The maximum Gasteiger partial charge on any atom is 0.306 e. The van der Waals surface area contributed by atoms with Crippen LogP contribution in [-0.4, -0.2) is 49.3 Å². The molecule has 1 fully saturated rings. The molecule has 2 heterocycles. The summed E-state index contributed by atoms with van der Waals surface area (Å²) in [5.74, 6) is -0.767. The van der Waals surface area contributed by atoms with Crippen molar-refractivity contribution in [2.45, 2.75) is 25.9 Å². The lowest BCUT2D eigenvalue weighted by Gasteiger charge is -2.28. The summed E-state index contributed by atoms with van der Waals surface area (Å²) in [6.07, 6.45) is -0.192. The summed E-state index contributed by atoms with van der Waals surface area (Å²) in [5.41, 5.74) is 2.69. The molecule has 1 saturated heterocycles. The van der Waals surface area contributed by atoms with Crippen molar-refractivity contribution in [2.75, 3.05) is 36.5 Å². The fourth-order valence-corrected chi connectivity index (χ4v) is 4.33. The van der Waals surface area contributed by atoms with E-state index in [1.807, 2.05) is 48.5 Å². The molecule has 162 valence electrons. The Morgan fingerprint density at radius 2 is 1.90 bits per heavy atom. The van der Waals surface area contributed by atoms with E-state index < -0.39 is 12.1 Å². The van der Waals surface area contributed by atoms with Crippen LogP contribution in [0.4, 0.5) is 11.4 Å². The fraction of sp³-hybridized carbons (Fsp3) is 0.348. The predicted octanol–water partition coefficient (Wildman–Crippen LogP) is 3.64. The molecule has 31 heavy (non-hydrogen) atoms. The first kappa shape index (κ1) is 21.3. The highest BCUT2D eigenvalue weighted by Crippen LogP contribution is 2.23. The van der Waals surface area contributed by atoms with Crippen molar-refractivity contribution in [3.05, 3.63) is 53.5 Å². The van der Waals surface area contributed by atoms with E-state index >= 15 is 0 Å². The summed E-state index contributed by atoms with van der Waals surface area (Å²) in [4.78, 5) is 31.3. The summed E-state index contributed by atoms with van der Waals surface area (Å²) < 4.78 is 11.8. The third-order valence-corrected chi connectivity index (χ3v) is 6.17. The molecule has 0 spiro atoms. The minimum absolute atomic E-state index is 0.186. The van der Waals surface area contributed by atoms with Gasteiger partial charge >= 0.3 is 5.97 Å². The number of thiazole rings is 1. The summed E-state index contributed by atoms with van der Waals surface area (Å²) in [6.45, 7) is 4.74. The zero-order valence-electron chi connectivity index (χ0n) is 17.4. The first-order chi connectivity index (χ1) is 15.1. The molecule has 4 rings (SSSR count). The molecule has 0 unspecified atom stereocenters. The quantitative estimate of drug-likeness (QED) is 0.566. The molecule has 1 atom stereocenters. The molecule has 1 aliphatic rings. The number of morpholine rings is 1. The summed E-state index contributed by atoms with van der Waals surface area (Å²) in [7, 11) is 0. The van der Waals surface area contributed by atoms with Crippen LogP contribution in [-0.2, 0) is 25.5 Å². The van der Waals surface area contributed by atoms with Gasteiger partial charge in [0.1, 0.15) is 0 Å². The Labute approximate surface area is 185 Å². The molecule has 1 aromatic heterocycles. The Hall–Kier alpha value is -2.97. The fourth-order valence-electron chi connectivity index (χ4n) is 3.37. The van der Waals surface area contributed by atoms with E-state index in [0.717, 1.165) is 47.2 Å². The highest BCUT2D eigenvalue weighted by molar-refractivity contribution is 7.18. The number of benzene rings is 2. The number of rotatable bonds is 7. The van der Waals surface area contributed by atoms with Gasteiger partial charge in [-0.2, -0.15) is 0 Å². The smallest absolute Gasteiger partial charge is 0.306 e. The Morgan fingerprint density at radius 3 is 2.65 bits per heavy atom. The number of hydrogen-bond donors (Lipinski definition) is 1. The van der Waals surface area contributed by atoms with E-state index in [2.05, 4.69) is 15.2 Å². The van der Waals surface area contributed by atoms with E-state index in [1.54, 1.807) is 18.3 Å². The van der Waals surface area contributed by atoms with Crippen molar-refractivity contribution < 1.29 is 19.1 Å². The average Bonchev–Trinajstić information content (AvgIpc) is 3.22. The Bertz CT molecular complexity index is 1010. The van der Waals surface area contributed by atoms with Crippen LogP contribution in [0, 0.1) is 0 Å². The molecule has 8 heteroatoms. The second kappa shape index (κ2) is 9.89. The van der Waals surface area contributed by atoms with Gasteiger partial charge in [0.05, 0.1) is 34.9 Å². The lowest BCUT2D eigenvalue weighted by molar-refractivity contribution is -0.153. The summed E-state index contributed by atoms with van der Waals surface area (Å²) in [6, 6.07) is 15.5. The number of aromatic nitrogens is 1. The third-order valence-electron chi connectivity index (χ3n) is 5.07. The molecule has 0 aliphatic carbocycles. The number of anilines is 2. The number of carbonyl (C=O) groups excluding carboxylic acids is 2. The molecular formula is C23H25N3O4S. The molecule has 3 aromatic rings. The SMILES string of the molecule is C[C@H](OC(=O)CCc1nc2ccccc2s1)C(=O)Nc1ccc(N2CCOCC2)cc1. The van der Waals surface area contributed by atoms with Crippen LogP contribution < -0.4 is 10.2 Å². The van der Waals surface area contributed by atoms with Gasteiger partial charge in [-0.05, 0) is 43.3 Å². The van der Waals surface area contributed by atoms with Crippen molar-refractivity contribution in [1.82, 2.24) is 4.98 Å². The van der Waals surface area contributed by atoms with Crippen LogP contribution >= 0.6 is 11.3 Å². The number of esters is 1. The maximum atomic E-state index is 12.4. The van der Waals surface area contributed by atoms with E-state index in [-0.39, 0.29) is 12.3 Å². The second-order valence-electron chi connectivity index (χ2n) is 7.34. The number of nitrogens with zero attached hydrogens (tertiary/aromatic N) is 2. The minimum atomic E-state index is -0.873. The average molecular weight is 440 g/mol. The van der Waals surface area contributed by atoms with Crippen LogP contribution in [0.1, 0.15) is 18.4 Å². The second-order valence-corrected chi connectivity index (χ2v) is 8.46. The maximum absolute atomic E-state index is 12.4. The number of para-hydroxylation sites is 1. The predicted molar refractivity (Wildman–Crippen MR) is 122 cm³/mol. The van der Waals surface area contributed by atoms with Crippen LogP contribution in [0.25, 0.3) is 10.2 Å². The van der Waals surface area contributed by atoms with Gasteiger partial charge in [-0.15, -0.1) is 11.3 Å². The summed E-state index contributed by atoms with van der Waals surface area (Å²) >= 11 is 1.57. The van der Waals surface area contributed by atoms with E-state index in [0.29, 0.717) is 12.1 Å². The zero-order valence-corrected chi connectivity index (χ0v) is 18.2. The highest BCUT2D eigenvalue weighted by atomic mass is 32.1. The first-order valence-corrected chi connectivity index (χ1v) is 11.2. The van der Waals surface area contributed by atoms with Gasteiger partial charge in [-0.3, -0.25) is 9.59 Å². The van der Waals surface area contributed by atoms with E-state index in [1.165, 1.54) is 0 Å². The molecule has 1 amide bonds. The molecular weight excluding hydrogens is 414 g/mol. The lowest BCUT2D eigenvalue weighted by Crippen LogP contribution is -2.36. The van der Waals surface area contributed by atoms with Crippen molar-refractivity contribution in [3.63, 3.8) is 0 Å². The lowest BCUT2D eigenvalue weighted by atomic mass is 10.2. The molecule has 0 bridgehead atoms. The Balaban J connectivity index is 1.24. The van der Waals surface area contributed by atoms with Crippen molar-refractivity contribution >= 4 is 44.8 Å². The number of fused-ring (bicyclic) bond motifs is 1. The van der Waals surface area contributed by atoms with Crippen LogP contribution in [0.3, 0.4) is 0 Å². The largest absolute Gasteiger partial charge is 0.453 e. The molecule has 0 radical (unpaired) electrons. The van der Waals surface area contributed by atoms with Crippen LogP contribution in [0.5, 0.6) is 0 Å². The number of ether oxygens (including phenoxy) is 2. The normalized spacial score (nSPS) is 14.9. The van der Waals surface area contributed by atoms with Gasteiger partial charge in [0.15, 0.2) is 6.10 Å². The van der Waals surface area contributed by atoms with Crippen LogP contribution in [0.2, 0.25) is 0 Å². The molecule has 2 aromatic carbocycles. The number of carbonyl (C=O) groups is 2. The topological polar surface area (TPSA) is 80.8 Å². The number of hydrogen-bond acceptors (Lipinski definition) is 7. The molecule has 7 nitrogen and oxygen atoms in total. The Kier molecular flexibility index (Phi) is 6.79. The third kappa shape index (κ3) is 5.59. The van der Waals surface area contributed by atoms with Crippen molar-refractivity contribution in [2.24, 2.45) is 0 Å². The number of aryl methyl sites for hydroxylation is 1. The summed E-state index contributed by atoms with van der Waals surface area (Å²) in [5, 5.41) is 3.68. The highest BCUT2D eigenvalue weighted by Gasteiger charge is 2.19. The monoisotopic (exact) mass is 439 g/mol. The van der Waals surface area contributed by atoms with Gasteiger partial charge in [-0.25, -0.2) is 4.98 Å². The van der Waals surface area contributed by atoms with Gasteiger partial charge in [0.25, 0.3) is 5.91 Å². The van der Waals surface area contributed by atoms with Gasteiger partial charge in [0.2, 0.25) is 0 Å².